The van der Waals surface area contributed by atoms with Crippen LogP contribution in [0, 0.1) is 19.8 Å². The van der Waals surface area contributed by atoms with Crippen molar-refractivity contribution < 1.29 is 4.79 Å². The molecule has 2 aliphatic rings. The van der Waals surface area contributed by atoms with Crippen molar-refractivity contribution in [3.05, 3.63) is 70.3 Å². The minimum atomic E-state index is 0.0840. The van der Waals surface area contributed by atoms with Gasteiger partial charge in [0.25, 0.3) is 5.91 Å². The van der Waals surface area contributed by atoms with E-state index in [9.17, 15) is 4.79 Å². The summed E-state index contributed by atoms with van der Waals surface area (Å²) in [4.78, 5) is 14.8. The van der Waals surface area contributed by atoms with E-state index >= 15 is 0 Å². The topological polar surface area (TPSA) is 32.3 Å². The van der Waals surface area contributed by atoms with E-state index in [2.05, 4.69) is 54.4 Å². The number of hydrogen-bond donors (Lipinski definition) is 1. The number of benzene rings is 2. The van der Waals surface area contributed by atoms with Crippen molar-refractivity contribution in [2.24, 2.45) is 5.92 Å². The molecule has 0 bridgehead atoms. The van der Waals surface area contributed by atoms with Gasteiger partial charge in [-0.05, 0) is 48.1 Å². The van der Waals surface area contributed by atoms with E-state index in [4.69, 9.17) is 0 Å². The predicted molar refractivity (Wildman–Crippen MR) is 96.2 cm³/mol. The molecule has 124 valence electrons. The SMILES string of the molecule is Cc1ccc(CN2C[C@@H]3CNC(=O)c4ccccc4[C@H]3C2)cc1C. The van der Waals surface area contributed by atoms with E-state index < -0.39 is 0 Å². The normalized spacial score (nSPS) is 23.3. The fourth-order valence-corrected chi connectivity index (χ4v) is 4.16. The van der Waals surface area contributed by atoms with Crippen molar-refractivity contribution in [1.29, 1.82) is 0 Å². The molecule has 0 spiro atoms. The highest BCUT2D eigenvalue weighted by molar-refractivity contribution is 5.96. The summed E-state index contributed by atoms with van der Waals surface area (Å²) in [6.07, 6.45) is 0. The Labute approximate surface area is 143 Å². The lowest BCUT2D eigenvalue weighted by atomic mass is 9.87. The maximum Gasteiger partial charge on any atom is 0.251 e. The Hall–Kier alpha value is -2.13. The molecule has 24 heavy (non-hydrogen) atoms. The summed E-state index contributed by atoms with van der Waals surface area (Å²) < 4.78 is 0. The highest BCUT2D eigenvalue weighted by Gasteiger charge is 2.37. The van der Waals surface area contributed by atoms with Crippen molar-refractivity contribution in [2.45, 2.75) is 26.3 Å². The smallest absolute Gasteiger partial charge is 0.251 e. The fraction of sp³-hybridized carbons (Fsp3) is 0.381. The van der Waals surface area contributed by atoms with Crippen molar-refractivity contribution in [3.8, 4) is 0 Å². The maximum atomic E-state index is 12.3. The molecule has 1 N–H and O–H groups in total. The van der Waals surface area contributed by atoms with Crippen LogP contribution in [0.3, 0.4) is 0 Å². The molecule has 0 aromatic heterocycles. The lowest BCUT2D eigenvalue weighted by Gasteiger charge is -2.18. The Kier molecular flexibility index (Phi) is 3.89. The number of likely N-dealkylation sites (tertiary alicyclic amines) is 1. The van der Waals surface area contributed by atoms with E-state index in [1.807, 2.05) is 12.1 Å². The number of carbonyl (C=O) groups excluding carboxylic acids is 1. The van der Waals surface area contributed by atoms with Crippen LogP contribution < -0.4 is 5.32 Å². The van der Waals surface area contributed by atoms with Gasteiger partial charge in [0, 0.05) is 37.7 Å². The predicted octanol–water partition coefficient (Wildman–Crippen LogP) is 3.26. The van der Waals surface area contributed by atoms with Gasteiger partial charge in [-0.3, -0.25) is 9.69 Å². The third kappa shape index (κ3) is 2.73. The zero-order valence-corrected chi connectivity index (χ0v) is 14.4. The molecule has 2 atom stereocenters. The molecular formula is C21H24N2O. The molecule has 3 nitrogen and oxygen atoms in total. The van der Waals surface area contributed by atoms with Gasteiger partial charge < -0.3 is 5.32 Å². The molecule has 4 rings (SSSR count). The van der Waals surface area contributed by atoms with Crippen LogP contribution in [0.1, 0.15) is 38.5 Å². The van der Waals surface area contributed by atoms with Gasteiger partial charge in [-0.15, -0.1) is 0 Å². The summed E-state index contributed by atoms with van der Waals surface area (Å²) in [7, 11) is 0. The highest BCUT2D eigenvalue weighted by Crippen LogP contribution is 2.36. The summed E-state index contributed by atoms with van der Waals surface area (Å²) in [5.41, 5.74) is 6.17. The zero-order chi connectivity index (χ0) is 16.7. The molecule has 2 aromatic rings. The molecule has 2 heterocycles. The molecule has 1 saturated heterocycles. The van der Waals surface area contributed by atoms with Gasteiger partial charge in [-0.1, -0.05) is 36.4 Å². The first-order valence-corrected chi connectivity index (χ1v) is 8.77. The number of rotatable bonds is 2. The number of aryl methyl sites for hydroxylation is 2. The molecule has 0 saturated carbocycles. The Morgan fingerprint density at radius 2 is 1.92 bits per heavy atom. The van der Waals surface area contributed by atoms with Gasteiger partial charge >= 0.3 is 0 Å². The fourth-order valence-electron chi connectivity index (χ4n) is 4.16. The third-order valence-electron chi connectivity index (χ3n) is 5.62. The van der Waals surface area contributed by atoms with E-state index in [1.54, 1.807) is 0 Å². The number of nitrogens with one attached hydrogen (secondary N) is 1. The minimum absolute atomic E-state index is 0.0840. The van der Waals surface area contributed by atoms with E-state index in [0.29, 0.717) is 11.8 Å². The van der Waals surface area contributed by atoms with Crippen LogP contribution >= 0.6 is 0 Å². The monoisotopic (exact) mass is 320 g/mol. The molecule has 0 aliphatic carbocycles. The molecule has 1 fully saturated rings. The largest absolute Gasteiger partial charge is 0.352 e. The summed E-state index contributed by atoms with van der Waals surface area (Å²) >= 11 is 0. The quantitative estimate of drug-likeness (QED) is 0.921. The van der Waals surface area contributed by atoms with Crippen LogP contribution in [-0.4, -0.2) is 30.4 Å². The van der Waals surface area contributed by atoms with E-state index in [0.717, 1.165) is 31.7 Å². The van der Waals surface area contributed by atoms with Crippen LogP contribution in [0.15, 0.2) is 42.5 Å². The average molecular weight is 320 g/mol. The first kappa shape index (κ1) is 15.4. The van der Waals surface area contributed by atoms with E-state index in [1.165, 1.54) is 22.3 Å². The first-order chi connectivity index (χ1) is 11.6. The van der Waals surface area contributed by atoms with Crippen LogP contribution in [0.2, 0.25) is 0 Å². The van der Waals surface area contributed by atoms with Gasteiger partial charge in [-0.2, -0.15) is 0 Å². The summed E-state index contributed by atoms with van der Waals surface area (Å²) in [6.45, 7) is 8.19. The van der Waals surface area contributed by atoms with Crippen LogP contribution in [0.5, 0.6) is 0 Å². The Balaban J connectivity index is 1.56. The second-order valence-electron chi connectivity index (χ2n) is 7.28. The van der Waals surface area contributed by atoms with Crippen LogP contribution in [-0.2, 0) is 6.54 Å². The van der Waals surface area contributed by atoms with Gasteiger partial charge in [0.2, 0.25) is 0 Å². The number of carbonyl (C=O) groups is 1. The lowest BCUT2D eigenvalue weighted by Crippen LogP contribution is -2.29. The summed E-state index contributed by atoms with van der Waals surface area (Å²) in [5.74, 6) is 1.04. The molecule has 2 aromatic carbocycles. The molecule has 2 aliphatic heterocycles. The number of nitrogens with zero attached hydrogens (tertiary/aromatic N) is 1. The highest BCUT2D eigenvalue weighted by atomic mass is 16.1. The third-order valence-corrected chi connectivity index (χ3v) is 5.62. The van der Waals surface area contributed by atoms with Crippen molar-refractivity contribution >= 4 is 5.91 Å². The lowest BCUT2D eigenvalue weighted by molar-refractivity contribution is 0.0951. The van der Waals surface area contributed by atoms with Crippen molar-refractivity contribution in [3.63, 3.8) is 0 Å². The number of amides is 1. The van der Waals surface area contributed by atoms with Crippen LogP contribution in [0.4, 0.5) is 0 Å². The van der Waals surface area contributed by atoms with Crippen LogP contribution in [0.25, 0.3) is 0 Å². The van der Waals surface area contributed by atoms with Crippen molar-refractivity contribution in [1.82, 2.24) is 10.2 Å². The van der Waals surface area contributed by atoms with Gasteiger partial charge in [0.05, 0.1) is 0 Å². The second kappa shape index (κ2) is 6.06. The van der Waals surface area contributed by atoms with Gasteiger partial charge in [0.15, 0.2) is 0 Å². The number of hydrogen-bond acceptors (Lipinski definition) is 2. The Morgan fingerprint density at radius 1 is 1.08 bits per heavy atom. The molecular weight excluding hydrogens is 296 g/mol. The van der Waals surface area contributed by atoms with Gasteiger partial charge in [0.1, 0.15) is 0 Å². The molecule has 3 heteroatoms. The Morgan fingerprint density at radius 3 is 2.75 bits per heavy atom. The second-order valence-corrected chi connectivity index (χ2v) is 7.28. The standard InChI is InChI=1S/C21H24N2O/c1-14-7-8-16(9-15(14)2)11-23-12-17-10-22-21(24)19-6-4-3-5-18(19)20(17)13-23/h3-9,17,20H,10-13H2,1-2H3,(H,22,24)/t17-,20-/m0/s1. The van der Waals surface area contributed by atoms with Gasteiger partial charge in [-0.25, -0.2) is 0 Å². The number of fused-ring (bicyclic) bond motifs is 3. The van der Waals surface area contributed by atoms with Crippen molar-refractivity contribution in [2.75, 3.05) is 19.6 Å². The first-order valence-electron chi connectivity index (χ1n) is 8.77. The molecule has 0 radical (unpaired) electrons. The zero-order valence-electron chi connectivity index (χ0n) is 14.4. The molecule has 0 unspecified atom stereocenters. The maximum absolute atomic E-state index is 12.3. The van der Waals surface area contributed by atoms with E-state index in [-0.39, 0.29) is 5.91 Å². The minimum Gasteiger partial charge on any atom is -0.352 e. The average Bonchev–Trinajstić information content (AvgIpc) is 2.93. The summed E-state index contributed by atoms with van der Waals surface area (Å²) in [6, 6.07) is 14.9. The summed E-state index contributed by atoms with van der Waals surface area (Å²) in [5, 5.41) is 3.11. The Bertz CT molecular complexity index is 783. The molecule has 1 amide bonds.